The molecule has 1 aliphatic rings. The lowest BCUT2D eigenvalue weighted by Crippen LogP contribution is -2.39. The molecule has 0 atom stereocenters. The third-order valence-electron chi connectivity index (χ3n) is 6.32. The largest absolute Gasteiger partial charge is 0.494 e. The summed E-state index contributed by atoms with van der Waals surface area (Å²) in [6.07, 6.45) is 1.29. The molecule has 190 valence electrons. The van der Waals surface area contributed by atoms with Crippen molar-refractivity contribution in [2.75, 3.05) is 50.9 Å². The number of fused-ring (bicyclic) bond motifs is 1. The van der Waals surface area contributed by atoms with E-state index in [1.165, 1.54) is 16.7 Å². The van der Waals surface area contributed by atoms with Crippen LogP contribution in [0.2, 0.25) is 0 Å². The molecular weight excluding hydrogens is 482 g/mol. The van der Waals surface area contributed by atoms with Crippen LogP contribution in [0.25, 0.3) is 10.2 Å². The minimum absolute atomic E-state index is 0. The van der Waals surface area contributed by atoms with Crippen molar-refractivity contribution in [3.05, 3.63) is 52.6 Å². The maximum absolute atomic E-state index is 13.7. The molecule has 2 heterocycles. The van der Waals surface area contributed by atoms with E-state index in [-0.39, 0.29) is 18.3 Å². The molecular formula is C27H36ClN3O3S. The second-order valence-corrected chi connectivity index (χ2v) is 9.98. The number of hydrogen-bond donors (Lipinski definition) is 0. The van der Waals surface area contributed by atoms with E-state index in [1.54, 1.807) is 11.3 Å². The Kier molecular flexibility index (Phi) is 9.92. The standard InChI is InChI=1S/C27H35N3O3S.ClH/c1-5-33-22-7-8-24-25(17-22)34-27(28-24)30(10-6-9-29-11-13-32-14-12-29)26(31)18-23-20(3)15-19(2)16-21(23)4;/h7-8,15-17H,5-6,9-14,18H2,1-4H3;1H. The average molecular weight is 518 g/mol. The van der Waals surface area contributed by atoms with E-state index in [0.717, 1.165) is 65.9 Å². The van der Waals surface area contributed by atoms with E-state index in [9.17, 15) is 4.79 Å². The van der Waals surface area contributed by atoms with E-state index in [2.05, 4.69) is 37.8 Å². The number of nitrogens with zero attached hydrogens (tertiary/aromatic N) is 3. The van der Waals surface area contributed by atoms with Crippen molar-refractivity contribution in [2.45, 2.75) is 40.5 Å². The Hall–Kier alpha value is -2.19. The summed E-state index contributed by atoms with van der Waals surface area (Å²) in [5.74, 6) is 0.933. The third kappa shape index (κ3) is 6.94. The van der Waals surface area contributed by atoms with Gasteiger partial charge in [0.2, 0.25) is 5.91 Å². The Balaban J connectivity index is 0.00000342. The zero-order chi connectivity index (χ0) is 24.1. The van der Waals surface area contributed by atoms with Gasteiger partial charge in [-0.25, -0.2) is 4.98 Å². The number of carbonyl (C=O) groups excluding carboxylic acids is 1. The lowest BCUT2D eigenvalue weighted by atomic mass is 9.97. The van der Waals surface area contributed by atoms with Crippen molar-refractivity contribution in [1.29, 1.82) is 0 Å². The molecule has 4 rings (SSSR count). The van der Waals surface area contributed by atoms with Crippen LogP contribution in [-0.2, 0) is 16.0 Å². The van der Waals surface area contributed by atoms with Crippen molar-refractivity contribution >= 4 is 45.0 Å². The summed E-state index contributed by atoms with van der Waals surface area (Å²) < 4.78 is 12.2. The molecule has 35 heavy (non-hydrogen) atoms. The highest BCUT2D eigenvalue weighted by atomic mass is 35.5. The van der Waals surface area contributed by atoms with Crippen molar-refractivity contribution < 1.29 is 14.3 Å². The molecule has 0 spiro atoms. The quantitative estimate of drug-likeness (QED) is 0.383. The monoisotopic (exact) mass is 517 g/mol. The van der Waals surface area contributed by atoms with Gasteiger partial charge in [0.25, 0.3) is 0 Å². The molecule has 2 aromatic carbocycles. The van der Waals surface area contributed by atoms with Crippen molar-refractivity contribution in [3.8, 4) is 5.75 Å². The molecule has 0 bridgehead atoms. The number of thiazole rings is 1. The number of aryl methyl sites for hydroxylation is 3. The van der Waals surface area contributed by atoms with Gasteiger partial charge in [-0.05, 0) is 69.0 Å². The third-order valence-corrected chi connectivity index (χ3v) is 7.36. The fourth-order valence-electron chi connectivity index (χ4n) is 4.60. The molecule has 1 aromatic heterocycles. The predicted molar refractivity (Wildman–Crippen MR) is 147 cm³/mol. The molecule has 0 saturated carbocycles. The fraction of sp³-hybridized carbons (Fsp3) is 0.481. The lowest BCUT2D eigenvalue weighted by molar-refractivity contribution is -0.118. The van der Waals surface area contributed by atoms with Gasteiger partial charge in [-0.15, -0.1) is 12.4 Å². The maximum Gasteiger partial charge on any atom is 0.233 e. The minimum Gasteiger partial charge on any atom is -0.494 e. The van der Waals surface area contributed by atoms with Crippen LogP contribution in [0.4, 0.5) is 5.13 Å². The highest BCUT2D eigenvalue weighted by Crippen LogP contribution is 2.32. The topological polar surface area (TPSA) is 54.9 Å². The maximum atomic E-state index is 13.7. The number of carbonyl (C=O) groups is 1. The van der Waals surface area contributed by atoms with E-state index < -0.39 is 0 Å². The van der Waals surface area contributed by atoms with Gasteiger partial charge in [0.15, 0.2) is 5.13 Å². The molecule has 6 nitrogen and oxygen atoms in total. The van der Waals surface area contributed by atoms with Gasteiger partial charge in [0, 0.05) is 26.2 Å². The molecule has 1 fully saturated rings. The Labute approximate surface area is 218 Å². The summed E-state index contributed by atoms with van der Waals surface area (Å²) in [5, 5.41) is 0.762. The Bertz CT molecular complexity index is 1120. The van der Waals surface area contributed by atoms with Gasteiger partial charge >= 0.3 is 0 Å². The molecule has 0 aliphatic carbocycles. The normalized spacial score (nSPS) is 14.1. The van der Waals surface area contributed by atoms with Gasteiger partial charge in [-0.2, -0.15) is 0 Å². The van der Waals surface area contributed by atoms with Crippen LogP contribution in [-0.4, -0.2) is 61.8 Å². The summed E-state index contributed by atoms with van der Waals surface area (Å²) in [5.41, 5.74) is 5.59. The van der Waals surface area contributed by atoms with Crippen molar-refractivity contribution in [1.82, 2.24) is 9.88 Å². The molecule has 0 unspecified atom stereocenters. The van der Waals surface area contributed by atoms with Gasteiger partial charge in [0.1, 0.15) is 5.75 Å². The lowest BCUT2D eigenvalue weighted by Gasteiger charge is -2.28. The zero-order valence-electron chi connectivity index (χ0n) is 21.1. The average Bonchev–Trinajstić information content (AvgIpc) is 3.23. The minimum atomic E-state index is 0. The molecule has 0 radical (unpaired) electrons. The number of rotatable bonds is 9. The first-order valence-electron chi connectivity index (χ1n) is 12.1. The van der Waals surface area contributed by atoms with Crippen LogP contribution in [0, 0.1) is 20.8 Å². The number of halogens is 1. The van der Waals surface area contributed by atoms with Crippen LogP contribution in [0.1, 0.15) is 35.6 Å². The van der Waals surface area contributed by atoms with Crippen LogP contribution in [0.15, 0.2) is 30.3 Å². The molecule has 3 aromatic rings. The number of amides is 1. The number of morpholine rings is 1. The first-order chi connectivity index (χ1) is 16.4. The second kappa shape index (κ2) is 12.7. The summed E-state index contributed by atoms with van der Waals surface area (Å²) in [4.78, 5) is 22.8. The second-order valence-electron chi connectivity index (χ2n) is 8.97. The van der Waals surface area contributed by atoms with Gasteiger partial charge < -0.3 is 9.47 Å². The predicted octanol–water partition coefficient (Wildman–Crippen LogP) is 5.34. The Morgan fingerprint density at radius 1 is 1.14 bits per heavy atom. The van der Waals surface area contributed by atoms with Gasteiger partial charge in [-0.3, -0.25) is 14.6 Å². The number of anilines is 1. The molecule has 8 heteroatoms. The molecule has 0 N–H and O–H groups in total. The van der Waals surface area contributed by atoms with Crippen LogP contribution >= 0.6 is 23.7 Å². The van der Waals surface area contributed by atoms with Gasteiger partial charge in [-0.1, -0.05) is 29.0 Å². The number of ether oxygens (including phenoxy) is 2. The summed E-state index contributed by atoms with van der Waals surface area (Å²) in [6.45, 7) is 14.0. The first-order valence-corrected chi connectivity index (χ1v) is 13.0. The molecule has 1 saturated heterocycles. The van der Waals surface area contributed by atoms with E-state index >= 15 is 0 Å². The molecule has 1 aliphatic heterocycles. The highest BCUT2D eigenvalue weighted by molar-refractivity contribution is 7.22. The van der Waals surface area contributed by atoms with E-state index in [0.29, 0.717) is 19.6 Å². The first kappa shape index (κ1) is 27.4. The van der Waals surface area contributed by atoms with E-state index in [1.807, 2.05) is 30.0 Å². The van der Waals surface area contributed by atoms with Crippen molar-refractivity contribution in [2.24, 2.45) is 0 Å². The summed E-state index contributed by atoms with van der Waals surface area (Å²) in [7, 11) is 0. The van der Waals surface area contributed by atoms with Crippen LogP contribution < -0.4 is 9.64 Å². The van der Waals surface area contributed by atoms with E-state index in [4.69, 9.17) is 14.5 Å². The Morgan fingerprint density at radius 3 is 2.54 bits per heavy atom. The summed E-state index contributed by atoms with van der Waals surface area (Å²) >= 11 is 1.56. The van der Waals surface area contributed by atoms with Gasteiger partial charge in [0.05, 0.1) is 36.5 Å². The smallest absolute Gasteiger partial charge is 0.233 e. The van der Waals surface area contributed by atoms with Crippen LogP contribution in [0.5, 0.6) is 5.75 Å². The van der Waals surface area contributed by atoms with Crippen molar-refractivity contribution in [3.63, 3.8) is 0 Å². The number of aromatic nitrogens is 1. The number of hydrogen-bond acceptors (Lipinski definition) is 6. The Morgan fingerprint density at radius 2 is 1.86 bits per heavy atom. The zero-order valence-corrected chi connectivity index (χ0v) is 22.8. The molecule has 1 amide bonds. The highest BCUT2D eigenvalue weighted by Gasteiger charge is 2.22. The van der Waals surface area contributed by atoms with Crippen LogP contribution in [0.3, 0.4) is 0 Å². The SMILES string of the molecule is CCOc1ccc2nc(N(CCCN3CCOCC3)C(=O)Cc3c(C)cc(C)cc3C)sc2c1.Cl. The fourth-order valence-corrected chi connectivity index (χ4v) is 5.64. The summed E-state index contributed by atoms with van der Waals surface area (Å²) in [6, 6.07) is 10.3. The number of benzene rings is 2.